The number of carbonyl (C=O) groups excluding carboxylic acids is 1. The largest absolute Gasteiger partial charge is 0.460 e. The van der Waals surface area contributed by atoms with Crippen LogP contribution in [0.25, 0.3) is 0 Å². The first-order valence-electron chi connectivity index (χ1n) is 8.78. The van der Waals surface area contributed by atoms with Gasteiger partial charge in [-0.3, -0.25) is 0 Å². The maximum Gasteiger partial charge on any atom is 0.416 e. The molecule has 0 fully saturated rings. The molecule has 3 rings (SSSR count). The standard InChI is InChI=1S/C20H18F3NO6/c1-10-9-13-15(19(26)29-10)14(11-3-5-12(6-4-11)20(21,22)23)16(17(24)30-13)18(25)28-8-7-27-2/h3-6,9,14H,7-8,24H2,1-2H3/t14-/m0/s1. The van der Waals surface area contributed by atoms with Gasteiger partial charge in [0.1, 0.15) is 23.7 Å². The lowest BCUT2D eigenvalue weighted by molar-refractivity contribution is -0.141. The van der Waals surface area contributed by atoms with Crippen LogP contribution < -0.4 is 16.1 Å². The Bertz CT molecular complexity index is 1040. The lowest BCUT2D eigenvalue weighted by Crippen LogP contribution is -2.31. The zero-order valence-corrected chi connectivity index (χ0v) is 16.0. The molecule has 0 aliphatic carbocycles. The predicted octanol–water partition coefficient (Wildman–Crippen LogP) is 2.85. The highest BCUT2D eigenvalue weighted by Crippen LogP contribution is 2.42. The van der Waals surface area contributed by atoms with E-state index in [1.165, 1.54) is 20.1 Å². The van der Waals surface area contributed by atoms with Gasteiger partial charge in [0.2, 0.25) is 5.88 Å². The van der Waals surface area contributed by atoms with Gasteiger partial charge in [-0.1, -0.05) is 12.1 Å². The minimum atomic E-state index is -4.54. The fraction of sp³-hybridized carbons (Fsp3) is 0.300. The van der Waals surface area contributed by atoms with Crippen molar-refractivity contribution in [3.05, 3.63) is 74.7 Å². The van der Waals surface area contributed by atoms with Crippen molar-refractivity contribution in [1.29, 1.82) is 0 Å². The van der Waals surface area contributed by atoms with E-state index in [-0.39, 0.29) is 47.3 Å². The highest BCUT2D eigenvalue weighted by Gasteiger charge is 2.39. The van der Waals surface area contributed by atoms with Crippen molar-refractivity contribution in [2.24, 2.45) is 5.73 Å². The highest BCUT2D eigenvalue weighted by molar-refractivity contribution is 5.92. The summed E-state index contributed by atoms with van der Waals surface area (Å²) in [6, 6.07) is 5.44. The number of rotatable bonds is 5. The Kier molecular flexibility index (Phi) is 5.88. The minimum absolute atomic E-state index is 0.0552. The van der Waals surface area contributed by atoms with Crippen molar-refractivity contribution in [1.82, 2.24) is 0 Å². The first kappa shape index (κ1) is 21.4. The van der Waals surface area contributed by atoms with E-state index >= 15 is 0 Å². The number of aryl methyl sites for hydroxylation is 1. The number of hydrogen-bond acceptors (Lipinski definition) is 7. The molecule has 0 saturated carbocycles. The SMILES string of the molecule is COCCOC(=O)C1=C(N)Oc2cc(C)oc(=O)c2[C@@H]1c1ccc(C(F)(F)F)cc1. The number of halogens is 3. The Labute approximate surface area is 168 Å². The number of benzene rings is 1. The number of methoxy groups -OCH3 is 1. The predicted molar refractivity (Wildman–Crippen MR) is 97.7 cm³/mol. The third kappa shape index (κ3) is 4.18. The molecule has 7 nitrogen and oxygen atoms in total. The van der Waals surface area contributed by atoms with Crippen molar-refractivity contribution in [2.75, 3.05) is 20.3 Å². The monoisotopic (exact) mass is 425 g/mol. The fourth-order valence-electron chi connectivity index (χ4n) is 3.11. The summed E-state index contributed by atoms with van der Waals surface area (Å²) in [5.41, 5.74) is 4.20. The number of hydrogen-bond donors (Lipinski definition) is 1. The molecule has 2 aromatic rings. The van der Waals surface area contributed by atoms with Gasteiger partial charge in [-0.25, -0.2) is 9.59 Å². The van der Waals surface area contributed by atoms with E-state index in [1.54, 1.807) is 0 Å². The molecule has 2 N–H and O–H groups in total. The van der Waals surface area contributed by atoms with Crippen LogP contribution in [0, 0.1) is 6.92 Å². The molecule has 2 heterocycles. The molecule has 1 aliphatic rings. The van der Waals surface area contributed by atoms with Crippen LogP contribution in [0.5, 0.6) is 5.75 Å². The second-order valence-electron chi connectivity index (χ2n) is 6.48. The second-order valence-corrected chi connectivity index (χ2v) is 6.48. The Morgan fingerprint density at radius 1 is 1.20 bits per heavy atom. The van der Waals surface area contributed by atoms with Crippen molar-refractivity contribution in [2.45, 2.75) is 19.0 Å². The van der Waals surface area contributed by atoms with E-state index in [4.69, 9.17) is 24.4 Å². The molecule has 1 atom stereocenters. The third-order valence-corrected chi connectivity index (χ3v) is 4.45. The summed E-state index contributed by atoms with van der Waals surface area (Å²) in [6.45, 7) is 1.54. The Balaban J connectivity index is 2.13. The number of fused-ring (bicyclic) bond motifs is 1. The molecule has 30 heavy (non-hydrogen) atoms. The number of esters is 1. The van der Waals surface area contributed by atoms with Crippen molar-refractivity contribution < 1.29 is 36.6 Å². The Hall–Kier alpha value is -3.27. The number of nitrogens with two attached hydrogens (primary N) is 1. The van der Waals surface area contributed by atoms with Gasteiger partial charge in [0.25, 0.3) is 0 Å². The fourth-order valence-corrected chi connectivity index (χ4v) is 3.11. The molecule has 0 saturated heterocycles. The summed E-state index contributed by atoms with van der Waals surface area (Å²) in [7, 11) is 1.42. The maximum absolute atomic E-state index is 12.9. The maximum atomic E-state index is 12.9. The van der Waals surface area contributed by atoms with E-state index in [2.05, 4.69) is 0 Å². The molecule has 1 aromatic heterocycles. The molecule has 1 aromatic carbocycles. The lowest BCUT2D eigenvalue weighted by Gasteiger charge is -2.27. The van der Waals surface area contributed by atoms with Gasteiger partial charge in [-0.2, -0.15) is 13.2 Å². The minimum Gasteiger partial charge on any atom is -0.460 e. The average molecular weight is 425 g/mol. The van der Waals surface area contributed by atoms with Gasteiger partial charge < -0.3 is 24.4 Å². The van der Waals surface area contributed by atoms with Gasteiger partial charge in [-0.15, -0.1) is 0 Å². The van der Waals surface area contributed by atoms with Crippen LogP contribution in [0.1, 0.15) is 28.4 Å². The first-order valence-corrected chi connectivity index (χ1v) is 8.78. The van der Waals surface area contributed by atoms with Crippen LogP contribution in [0.4, 0.5) is 13.2 Å². The van der Waals surface area contributed by atoms with E-state index in [1.807, 2.05) is 0 Å². The molecular formula is C20H18F3NO6. The first-order chi connectivity index (χ1) is 14.1. The van der Waals surface area contributed by atoms with Gasteiger partial charge in [0.05, 0.1) is 23.7 Å². The molecule has 10 heteroatoms. The zero-order valence-electron chi connectivity index (χ0n) is 16.0. The normalized spacial score (nSPS) is 16.1. The molecule has 1 aliphatic heterocycles. The van der Waals surface area contributed by atoms with Gasteiger partial charge in [0.15, 0.2) is 0 Å². The molecule has 160 valence electrons. The van der Waals surface area contributed by atoms with Crippen LogP contribution in [0.3, 0.4) is 0 Å². The molecular weight excluding hydrogens is 407 g/mol. The molecule has 0 radical (unpaired) electrons. The summed E-state index contributed by atoms with van der Waals surface area (Å²) in [6.07, 6.45) is -4.54. The topological polar surface area (TPSA) is 101 Å². The Morgan fingerprint density at radius 2 is 1.87 bits per heavy atom. The summed E-state index contributed by atoms with van der Waals surface area (Å²) < 4.78 is 59.3. The van der Waals surface area contributed by atoms with Crippen molar-refractivity contribution in [3.8, 4) is 5.75 Å². The number of carbonyl (C=O) groups is 1. The lowest BCUT2D eigenvalue weighted by atomic mass is 9.83. The quantitative estimate of drug-likeness (QED) is 0.581. The van der Waals surface area contributed by atoms with Crippen LogP contribution in [-0.2, 0) is 20.4 Å². The summed E-state index contributed by atoms with van der Waals surface area (Å²) in [5, 5.41) is 0. The Morgan fingerprint density at radius 3 is 2.47 bits per heavy atom. The number of ether oxygens (including phenoxy) is 3. The molecule has 0 bridgehead atoms. The molecule has 0 spiro atoms. The number of alkyl halides is 3. The van der Waals surface area contributed by atoms with Crippen LogP contribution in [0.15, 0.2) is 51.0 Å². The average Bonchev–Trinajstić information content (AvgIpc) is 2.66. The van der Waals surface area contributed by atoms with Gasteiger partial charge >= 0.3 is 17.8 Å². The van der Waals surface area contributed by atoms with Gasteiger partial charge in [0, 0.05) is 13.2 Å². The molecule has 0 amide bonds. The summed E-state index contributed by atoms with van der Waals surface area (Å²) in [5.74, 6) is -2.05. The van der Waals surface area contributed by atoms with Crippen molar-refractivity contribution in [3.63, 3.8) is 0 Å². The van der Waals surface area contributed by atoms with E-state index in [9.17, 15) is 22.8 Å². The van der Waals surface area contributed by atoms with E-state index < -0.39 is 29.3 Å². The zero-order chi connectivity index (χ0) is 22.1. The smallest absolute Gasteiger partial charge is 0.416 e. The van der Waals surface area contributed by atoms with Crippen LogP contribution in [0.2, 0.25) is 0 Å². The second kappa shape index (κ2) is 8.23. The van der Waals surface area contributed by atoms with Crippen LogP contribution in [-0.4, -0.2) is 26.3 Å². The highest BCUT2D eigenvalue weighted by atomic mass is 19.4. The van der Waals surface area contributed by atoms with Crippen LogP contribution >= 0.6 is 0 Å². The summed E-state index contributed by atoms with van der Waals surface area (Å²) >= 11 is 0. The van der Waals surface area contributed by atoms with Gasteiger partial charge in [-0.05, 0) is 24.6 Å². The third-order valence-electron chi connectivity index (χ3n) is 4.45. The molecule has 0 unspecified atom stereocenters. The summed E-state index contributed by atoms with van der Waals surface area (Å²) in [4.78, 5) is 25.2. The van der Waals surface area contributed by atoms with E-state index in [0.29, 0.717) is 0 Å². The van der Waals surface area contributed by atoms with Crippen molar-refractivity contribution >= 4 is 5.97 Å². The van der Waals surface area contributed by atoms with E-state index in [0.717, 1.165) is 24.3 Å².